The highest BCUT2D eigenvalue weighted by molar-refractivity contribution is 5.94. The van der Waals surface area contributed by atoms with Crippen molar-refractivity contribution in [2.45, 2.75) is 6.92 Å². The molecule has 1 amide bonds. The van der Waals surface area contributed by atoms with Crippen LogP contribution in [-0.2, 0) is 0 Å². The highest BCUT2D eigenvalue weighted by atomic mass is 16.3. The average molecular weight is 365 g/mol. The number of aromatic nitrogens is 3. The van der Waals surface area contributed by atoms with E-state index in [1.807, 2.05) is 0 Å². The molecule has 2 heterocycles. The summed E-state index contributed by atoms with van der Waals surface area (Å²) in [7, 11) is 0. The first kappa shape index (κ1) is 17.8. The molecule has 0 spiro atoms. The van der Waals surface area contributed by atoms with E-state index in [1.54, 1.807) is 31.2 Å². The third kappa shape index (κ3) is 3.66. The van der Waals surface area contributed by atoms with Crippen molar-refractivity contribution in [1.29, 1.82) is 0 Å². The van der Waals surface area contributed by atoms with Gasteiger partial charge in [0.25, 0.3) is 11.5 Å². The van der Waals surface area contributed by atoms with E-state index in [-0.39, 0.29) is 5.56 Å². The van der Waals surface area contributed by atoms with Crippen molar-refractivity contribution in [2.24, 2.45) is 5.10 Å². The lowest BCUT2D eigenvalue weighted by Gasteiger charge is -2.11. The Hall–Kier alpha value is -4.01. The van der Waals surface area contributed by atoms with E-state index in [2.05, 4.69) is 20.5 Å². The number of aromatic hydroxyl groups is 1. The number of amides is 1. The summed E-state index contributed by atoms with van der Waals surface area (Å²) in [5, 5.41) is 14.1. The van der Waals surface area contributed by atoms with E-state index < -0.39 is 23.0 Å². The molecule has 3 N–H and O–H groups in total. The molecule has 0 radical (unpaired) electrons. The van der Waals surface area contributed by atoms with Crippen molar-refractivity contribution in [1.82, 2.24) is 20.0 Å². The third-order valence-electron chi connectivity index (χ3n) is 3.78. The van der Waals surface area contributed by atoms with Gasteiger partial charge in [-0.1, -0.05) is 18.2 Å². The quantitative estimate of drug-likeness (QED) is 0.463. The molecule has 2 aromatic heterocycles. The fourth-order valence-electron chi connectivity index (χ4n) is 2.42. The van der Waals surface area contributed by atoms with Gasteiger partial charge in [-0.15, -0.1) is 0 Å². The number of carbonyl (C=O) groups is 1. The number of carbonyl (C=O) groups excluding carboxylic acids is 1. The Balaban J connectivity index is 1.96. The molecule has 3 rings (SSSR count). The van der Waals surface area contributed by atoms with E-state index >= 15 is 0 Å². The van der Waals surface area contributed by atoms with E-state index in [4.69, 9.17) is 0 Å². The summed E-state index contributed by atoms with van der Waals surface area (Å²) in [6, 6.07) is 9.85. The molecule has 9 nitrogen and oxygen atoms in total. The standard InChI is InChI=1S/C18H15N5O4/c1-11-4-2-3-5-14(11)23-17(26)13(16(25)21-18(23)27)10-20-22-15(24)12-6-8-19-9-7-12/h2-10,26H,1H3,(H,22,24)(H,21,25,27). The molecule has 0 aliphatic heterocycles. The molecule has 136 valence electrons. The van der Waals surface area contributed by atoms with Crippen LogP contribution in [0.5, 0.6) is 5.88 Å². The summed E-state index contributed by atoms with van der Waals surface area (Å²) in [5.74, 6) is -1.10. The number of nitrogens with zero attached hydrogens (tertiary/aromatic N) is 3. The van der Waals surface area contributed by atoms with Gasteiger partial charge in [0.1, 0.15) is 5.56 Å². The first-order chi connectivity index (χ1) is 13.0. The van der Waals surface area contributed by atoms with Gasteiger partial charge >= 0.3 is 5.69 Å². The SMILES string of the molecule is Cc1ccccc1-n1c(O)c(C=NNC(=O)c2ccncc2)c(=O)[nH]c1=O. The fourth-order valence-corrected chi connectivity index (χ4v) is 2.42. The Bertz CT molecular complexity index is 1130. The number of para-hydroxylation sites is 1. The predicted octanol–water partition coefficient (Wildman–Crippen LogP) is 0.699. The smallest absolute Gasteiger partial charge is 0.335 e. The predicted molar refractivity (Wildman–Crippen MR) is 98.4 cm³/mol. The summed E-state index contributed by atoms with van der Waals surface area (Å²) in [5.41, 5.74) is 1.80. The molecule has 0 saturated heterocycles. The van der Waals surface area contributed by atoms with E-state index in [0.717, 1.165) is 16.3 Å². The zero-order valence-corrected chi connectivity index (χ0v) is 14.2. The maximum Gasteiger partial charge on any atom is 0.335 e. The van der Waals surface area contributed by atoms with E-state index in [9.17, 15) is 19.5 Å². The average Bonchev–Trinajstić information content (AvgIpc) is 2.66. The molecule has 0 aliphatic carbocycles. The zero-order valence-electron chi connectivity index (χ0n) is 14.2. The molecule has 0 fully saturated rings. The number of benzene rings is 1. The number of hydrogen-bond acceptors (Lipinski definition) is 6. The Morgan fingerprint density at radius 3 is 2.63 bits per heavy atom. The Morgan fingerprint density at radius 2 is 1.93 bits per heavy atom. The van der Waals surface area contributed by atoms with E-state index in [1.165, 1.54) is 24.5 Å². The molecule has 3 aromatic rings. The minimum Gasteiger partial charge on any atom is -0.493 e. The number of H-pyrrole nitrogens is 1. The van der Waals surface area contributed by atoms with Gasteiger partial charge in [-0.25, -0.2) is 14.8 Å². The molecule has 9 heteroatoms. The Kier molecular flexibility index (Phi) is 4.93. The zero-order chi connectivity index (χ0) is 19.4. The van der Waals surface area contributed by atoms with Crippen LogP contribution in [0.4, 0.5) is 0 Å². The number of nitrogens with one attached hydrogen (secondary N) is 2. The molecule has 0 saturated carbocycles. The number of hydrazone groups is 1. The molecule has 0 unspecified atom stereocenters. The monoisotopic (exact) mass is 365 g/mol. The number of aryl methyl sites for hydroxylation is 1. The van der Waals surface area contributed by atoms with Crippen LogP contribution in [0, 0.1) is 6.92 Å². The van der Waals surface area contributed by atoms with Gasteiger partial charge in [-0.2, -0.15) is 5.10 Å². The molecular weight excluding hydrogens is 350 g/mol. The number of pyridine rings is 1. The minimum atomic E-state index is -0.829. The first-order valence-corrected chi connectivity index (χ1v) is 7.87. The van der Waals surface area contributed by atoms with Gasteiger partial charge in [-0.3, -0.25) is 19.6 Å². The van der Waals surface area contributed by atoms with Crippen LogP contribution >= 0.6 is 0 Å². The van der Waals surface area contributed by atoms with Crippen molar-refractivity contribution in [3.05, 3.63) is 86.3 Å². The molecule has 27 heavy (non-hydrogen) atoms. The van der Waals surface area contributed by atoms with Gasteiger partial charge in [0, 0.05) is 18.0 Å². The Labute approximate surface area is 152 Å². The first-order valence-electron chi connectivity index (χ1n) is 7.87. The van der Waals surface area contributed by atoms with Crippen LogP contribution in [0.15, 0.2) is 63.5 Å². The normalized spacial score (nSPS) is 10.9. The van der Waals surface area contributed by atoms with Crippen LogP contribution in [0.25, 0.3) is 5.69 Å². The molecule has 0 aliphatic rings. The van der Waals surface area contributed by atoms with Crippen molar-refractivity contribution in [2.75, 3.05) is 0 Å². The number of aromatic amines is 1. The second-order valence-electron chi connectivity index (χ2n) is 5.55. The lowest BCUT2D eigenvalue weighted by Crippen LogP contribution is -2.32. The van der Waals surface area contributed by atoms with Gasteiger partial charge in [-0.05, 0) is 30.7 Å². The topological polar surface area (TPSA) is 129 Å². The molecule has 0 bridgehead atoms. The lowest BCUT2D eigenvalue weighted by molar-refractivity contribution is 0.0955. The number of hydrogen-bond donors (Lipinski definition) is 3. The van der Waals surface area contributed by atoms with Gasteiger partial charge < -0.3 is 5.11 Å². The van der Waals surface area contributed by atoms with Gasteiger partial charge in [0.15, 0.2) is 0 Å². The summed E-state index contributed by atoms with van der Waals surface area (Å²) >= 11 is 0. The maximum absolute atomic E-state index is 12.2. The summed E-state index contributed by atoms with van der Waals surface area (Å²) in [4.78, 5) is 42.1. The number of rotatable bonds is 4. The summed E-state index contributed by atoms with van der Waals surface area (Å²) in [6.45, 7) is 1.76. The minimum absolute atomic E-state index is 0.270. The highest BCUT2D eigenvalue weighted by Crippen LogP contribution is 2.18. The molecule has 1 aromatic carbocycles. The van der Waals surface area contributed by atoms with Crippen LogP contribution in [0.1, 0.15) is 21.5 Å². The summed E-state index contributed by atoms with van der Waals surface area (Å²) < 4.78 is 0.961. The highest BCUT2D eigenvalue weighted by Gasteiger charge is 2.15. The molecular formula is C18H15N5O4. The lowest BCUT2D eigenvalue weighted by atomic mass is 10.2. The van der Waals surface area contributed by atoms with Crippen molar-refractivity contribution in [3.63, 3.8) is 0 Å². The van der Waals surface area contributed by atoms with Crippen LogP contribution in [0.3, 0.4) is 0 Å². The summed E-state index contributed by atoms with van der Waals surface area (Å²) in [6.07, 6.45) is 3.88. The maximum atomic E-state index is 12.2. The fraction of sp³-hybridized carbons (Fsp3) is 0.0556. The third-order valence-corrected chi connectivity index (χ3v) is 3.78. The largest absolute Gasteiger partial charge is 0.493 e. The van der Waals surface area contributed by atoms with Crippen molar-refractivity contribution >= 4 is 12.1 Å². The van der Waals surface area contributed by atoms with Crippen LogP contribution in [0.2, 0.25) is 0 Å². The second-order valence-corrected chi connectivity index (χ2v) is 5.55. The second kappa shape index (κ2) is 7.48. The van der Waals surface area contributed by atoms with Gasteiger partial charge in [0.05, 0.1) is 11.9 Å². The van der Waals surface area contributed by atoms with Crippen LogP contribution in [-0.4, -0.2) is 31.8 Å². The van der Waals surface area contributed by atoms with Crippen molar-refractivity contribution < 1.29 is 9.90 Å². The Morgan fingerprint density at radius 1 is 1.22 bits per heavy atom. The van der Waals surface area contributed by atoms with Gasteiger partial charge in [0.2, 0.25) is 5.88 Å². The van der Waals surface area contributed by atoms with Crippen molar-refractivity contribution in [3.8, 4) is 11.6 Å². The van der Waals surface area contributed by atoms with Crippen LogP contribution < -0.4 is 16.7 Å². The molecule has 0 atom stereocenters. The van der Waals surface area contributed by atoms with E-state index in [0.29, 0.717) is 11.3 Å².